The van der Waals surface area contributed by atoms with Crippen LogP contribution in [0.5, 0.6) is 5.75 Å². The highest BCUT2D eigenvalue weighted by Gasteiger charge is 2.14. The topological polar surface area (TPSA) is 67.3 Å². The summed E-state index contributed by atoms with van der Waals surface area (Å²) < 4.78 is 5.28. The quantitative estimate of drug-likeness (QED) is 0.804. The minimum Gasteiger partial charge on any atom is -0.496 e. The van der Waals surface area contributed by atoms with E-state index in [1.54, 1.807) is 19.6 Å². The molecule has 0 bridgehead atoms. The van der Waals surface area contributed by atoms with Crippen LogP contribution >= 0.6 is 0 Å². The zero-order valence-electron chi connectivity index (χ0n) is 14.4. The molecule has 1 unspecified atom stereocenters. The first kappa shape index (κ1) is 17.9. The molecule has 0 aliphatic carbocycles. The van der Waals surface area contributed by atoms with Crippen LogP contribution in [0.3, 0.4) is 0 Å². The van der Waals surface area contributed by atoms with Gasteiger partial charge < -0.3 is 10.1 Å². The fraction of sp³-hybridized carbons (Fsp3) is 0.389. The van der Waals surface area contributed by atoms with Gasteiger partial charge in [-0.1, -0.05) is 18.2 Å². The van der Waals surface area contributed by atoms with Gasteiger partial charge >= 0.3 is 0 Å². The summed E-state index contributed by atoms with van der Waals surface area (Å²) in [5, 5.41) is 2.94. The van der Waals surface area contributed by atoms with Gasteiger partial charge in [-0.3, -0.25) is 9.69 Å². The summed E-state index contributed by atoms with van der Waals surface area (Å²) in [5.74, 6) is 0.801. The van der Waals surface area contributed by atoms with E-state index in [1.165, 1.54) is 0 Å². The number of ether oxygens (including phenoxy) is 1. The fourth-order valence-electron chi connectivity index (χ4n) is 2.38. The molecule has 6 nitrogen and oxygen atoms in total. The van der Waals surface area contributed by atoms with E-state index in [0.717, 1.165) is 17.0 Å². The van der Waals surface area contributed by atoms with Crippen LogP contribution in [0.25, 0.3) is 0 Å². The second kappa shape index (κ2) is 8.98. The Morgan fingerprint density at radius 3 is 2.83 bits per heavy atom. The van der Waals surface area contributed by atoms with Crippen LogP contribution in [0.15, 0.2) is 42.9 Å². The van der Waals surface area contributed by atoms with Gasteiger partial charge in [0.05, 0.1) is 12.8 Å². The van der Waals surface area contributed by atoms with Gasteiger partial charge in [0.25, 0.3) is 0 Å². The average molecular weight is 328 g/mol. The summed E-state index contributed by atoms with van der Waals surface area (Å²) in [4.78, 5) is 22.4. The van der Waals surface area contributed by atoms with Crippen molar-refractivity contribution in [2.24, 2.45) is 0 Å². The highest BCUT2D eigenvalue weighted by molar-refractivity contribution is 5.76. The van der Waals surface area contributed by atoms with Crippen LogP contribution in [0.4, 0.5) is 0 Å². The van der Waals surface area contributed by atoms with Gasteiger partial charge in [0.15, 0.2) is 0 Å². The zero-order valence-corrected chi connectivity index (χ0v) is 14.4. The van der Waals surface area contributed by atoms with E-state index in [-0.39, 0.29) is 11.9 Å². The molecule has 0 saturated heterocycles. The Bertz CT molecular complexity index is 648. The standard InChI is InChI=1S/C18H24N4O2/c1-14(16-8-10-19-13-21-16)22(2)11-9-18(23)20-12-15-6-4-5-7-17(15)24-3/h4-8,10,13-14H,9,11-12H2,1-3H3,(H,20,23). The molecule has 0 spiro atoms. The van der Waals surface area contributed by atoms with Crippen molar-refractivity contribution in [2.45, 2.75) is 25.9 Å². The number of nitrogens with one attached hydrogen (secondary N) is 1. The summed E-state index contributed by atoms with van der Waals surface area (Å²) in [6.07, 6.45) is 3.70. The summed E-state index contributed by atoms with van der Waals surface area (Å²) in [5.41, 5.74) is 1.91. The van der Waals surface area contributed by atoms with E-state index >= 15 is 0 Å². The third kappa shape index (κ3) is 5.03. The maximum atomic E-state index is 12.1. The maximum Gasteiger partial charge on any atom is 0.221 e. The molecule has 2 rings (SSSR count). The number of hydrogen-bond donors (Lipinski definition) is 1. The highest BCUT2D eigenvalue weighted by atomic mass is 16.5. The summed E-state index contributed by atoms with van der Waals surface area (Å²) in [7, 11) is 3.62. The Morgan fingerprint density at radius 1 is 1.33 bits per heavy atom. The molecule has 6 heteroatoms. The van der Waals surface area contributed by atoms with Gasteiger partial charge in [-0.2, -0.15) is 0 Å². The number of benzene rings is 1. The van der Waals surface area contributed by atoms with Gasteiger partial charge in [0.2, 0.25) is 5.91 Å². The minimum absolute atomic E-state index is 0.0163. The van der Waals surface area contributed by atoms with Gasteiger partial charge in [0.1, 0.15) is 12.1 Å². The number of amides is 1. The lowest BCUT2D eigenvalue weighted by Crippen LogP contribution is -2.30. The Kier molecular flexibility index (Phi) is 6.69. The molecule has 0 aliphatic heterocycles. The Labute approximate surface area is 142 Å². The molecule has 0 fully saturated rings. The number of methoxy groups -OCH3 is 1. The van der Waals surface area contributed by atoms with Gasteiger partial charge in [-0.15, -0.1) is 0 Å². The molecule has 2 aromatic rings. The Morgan fingerprint density at radius 2 is 2.12 bits per heavy atom. The predicted molar refractivity (Wildman–Crippen MR) is 92.5 cm³/mol. The second-order valence-electron chi connectivity index (χ2n) is 5.63. The largest absolute Gasteiger partial charge is 0.496 e. The average Bonchev–Trinajstić information content (AvgIpc) is 2.64. The molecule has 1 atom stereocenters. The van der Waals surface area contributed by atoms with Gasteiger partial charge in [-0.05, 0) is 26.1 Å². The summed E-state index contributed by atoms with van der Waals surface area (Å²) >= 11 is 0. The number of hydrogen-bond acceptors (Lipinski definition) is 5. The summed E-state index contributed by atoms with van der Waals surface area (Å²) in [6, 6.07) is 9.70. The molecule has 1 heterocycles. The number of rotatable bonds is 8. The Hall–Kier alpha value is -2.47. The van der Waals surface area contributed by atoms with E-state index in [9.17, 15) is 4.79 Å². The molecule has 1 aromatic carbocycles. The van der Waals surface area contributed by atoms with Crippen LogP contribution < -0.4 is 10.1 Å². The molecular formula is C18H24N4O2. The Balaban J connectivity index is 1.78. The van der Waals surface area contributed by atoms with Crippen molar-refractivity contribution in [3.8, 4) is 5.75 Å². The first-order valence-corrected chi connectivity index (χ1v) is 7.96. The molecule has 1 aromatic heterocycles. The first-order valence-electron chi connectivity index (χ1n) is 7.96. The normalized spacial score (nSPS) is 12.0. The van der Waals surface area contributed by atoms with Gasteiger partial charge in [0, 0.05) is 37.3 Å². The van der Waals surface area contributed by atoms with Crippen molar-refractivity contribution in [3.63, 3.8) is 0 Å². The maximum absolute atomic E-state index is 12.1. The van der Waals surface area contributed by atoms with Crippen molar-refractivity contribution < 1.29 is 9.53 Å². The lowest BCUT2D eigenvalue weighted by molar-refractivity contribution is -0.121. The van der Waals surface area contributed by atoms with Crippen molar-refractivity contribution in [1.82, 2.24) is 20.2 Å². The molecule has 0 aliphatic rings. The fourth-order valence-corrected chi connectivity index (χ4v) is 2.38. The SMILES string of the molecule is COc1ccccc1CNC(=O)CCN(C)C(C)c1ccncn1. The van der Waals surface area contributed by atoms with Crippen LogP contribution in [-0.4, -0.2) is 41.5 Å². The number of carbonyl (C=O) groups excluding carboxylic acids is 1. The number of carbonyl (C=O) groups is 1. The zero-order chi connectivity index (χ0) is 17.4. The number of nitrogens with zero attached hydrogens (tertiary/aromatic N) is 3. The molecule has 128 valence electrons. The van der Waals surface area contributed by atoms with E-state index in [0.29, 0.717) is 19.5 Å². The van der Waals surface area contributed by atoms with E-state index in [4.69, 9.17) is 4.74 Å². The van der Waals surface area contributed by atoms with E-state index < -0.39 is 0 Å². The third-order valence-corrected chi connectivity index (χ3v) is 4.05. The molecule has 1 N–H and O–H groups in total. The van der Waals surface area contributed by atoms with E-state index in [2.05, 4.69) is 27.1 Å². The smallest absolute Gasteiger partial charge is 0.221 e. The van der Waals surface area contributed by atoms with Crippen LogP contribution in [0.1, 0.15) is 30.6 Å². The minimum atomic E-state index is 0.0163. The molecule has 24 heavy (non-hydrogen) atoms. The van der Waals surface area contributed by atoms with Crippen LogP contribution in [-0.2, 0) is 11.3 Å². The monoisotopic (exact) mass is 328 g/mol. The molecule has 1 amide bonds. The summed E-state index contributed by atoms with van der Waals surface area (Å²) in [6.45, 7) is 3.19. The van der Waals surface area contributed by atoms with Crippen molar-refractivity contribution in [1.29, 1.82) is 0 Å². The third-order valence-electron chi connectivity index (χ3n) is 4.05. The first-order chi connectivity index (χ1) is 11.6. The van der Waals surface area contributed by atoms with E-state index in [1.807, 2.05) is 37.4 Å². The second-order valence-corrected chi connectivity index (χ2v) is 5.63. The lowest BCUT2D eigenvalue weighted by atomic mass is 10.2. The predicted octanol–water partition coefficient (Wildman–Crippen LogP) is 2.18. The molecule has 0 saturated carbocycles. The molecule has 0 radical (unpaired) electrons. The van der Waals surface area contributed by atoms with Crippen molar-refractivity contribution >= 4 is 5.91 Å². The lowest BCUT2D eigenvalue weighted by Gasteiger charge is -2.23. The number of aromatic nitrogens is 2. The van der Waals surface area contributed by atoms with Crippen molar-refractivity contribution in [2.75, 3.05) is 20.7 Å². The highest BCUT2D eigenvalue weighted by Crippen LogP contribution is 2.17. The van der Waals surface area contributed by atoms with Crippen LogP contribution in [0, 0.1) is 0 Å². The number of para-hydroxylation sites is 1. The van der Waals surface area contributed by atoms with Crippen LogP contribution in [0.2, 0.25) is 0 Å². The molecular weight excluding hydrogens is 304 g/mol. The van der Waals surface area contributed by atoms with Gasteiger partial charge in [-0.25, -0.2) is 9.97 Å². The van der Waals surface area contributed by atoms with Crippen molar-refractivity contribution in [3.05, 3.63) is 54.1 Å².